The van der Waals surface area contributed by atoms with Gasteiger partial charge in [-0.15, -0.1) is 11.3 Å². The summed E-state index contributed by atoms with van der Waals surface area (Å²) in [5.41, 5.74) is 2.08. The van der Waals surface area contributed by atoms with Crippen LogP contribution in [-0.2, 0) is 0 Å². The Balaban J connectivity index is 1.72. The van der Waals surface area contributed by atoms with Crippen LogP contribution in [0.2, 0.25) is 0 Å². The van der Waals surface area contributed by atoms with Gasteiger partial charge in [0, 0.05) is 16.5 Å². The maximum absolute atomic E-state index is 12.6. The summed E-state index contributed by atoms with van der Waals surface area (Å²) in [5.74, 6) is 1.99. The Bertz CT molecular complexity index is 970. The molecule has 1 heterocycles. The molecule has 0 atom stereocenters. The van der Waals surface area contributed by atoms with E-state index in [1.165, 1.54) is 11.3 Å². The Kier molecular flexibility index (Phi) is 7.68. The molecular weight excluding hydrogens is 400 g/mol. The summed E-state index contributed by atoms with van der Waals surface area (Å²) in [6.07, 6.45) is 1.87. The van der Waals surface area contributed by atoms with E-state index in [0.29, 0.717) is 29.7 Å². The third-order valence-corrected chi connectivity index (χ3v) is 4.99. The van der Waals surface area contributed by atoms with Gasteiger partial charge in [0.05, 0.1) is 26.0 Å². The fourth-order valence-electron chi connectivity index (χ4n) is 2.74. The number of ether oxygens (including phenoxy) is 3. The topological polar surface area (TPSA) is 69.7 Å². The van der Waals surface area contributed by atoms with E-state index in [2.05, 4.69) is 17.2 Å². The van der Waals surface area contributed by atoms with Crippen molar-refractivity contribution in [3.8, 4) is 28.5 Å². The van der Waals surface area contributed by atoms with Crippen LogP contribution < -0.4 is 19.5 Å². The van der Waals surface area contributed by atoms with Crippen LogP contribution in [0.1, 0.15) is 37.0 Å². The van der Waals surface area contributed by atoms with Crippen molar-refractivity contribution in [3.05, 3.63) is 53.4 Å². The molecule has 0 aliphatic rings. The lowest BCUT2D eigenvalue weighted by Gasteiger charge is -2.10. The third kappa shape index (κ3) is 5.51. The van der Waals surface area contributed by atoms with Gasteiger partial charge in [-0.1, -0.05) is 13.8 Å². The number of nitrogens with one attached hydrogen (secondary N) is 1. The van der Waals surface area contributed by atoms with E-state index in [0.717, 1.165) is 35.6 Å². The van der Waals surface area contributed by atoms with Crippen molar-refractivity contribution in [1.29, 1.82) is 0 Å². The van der Waals surface area contributed by atoms with Crippen molar-refractivity contribution in [2.75, 3.05) is 25.6 Å². The molecule has 0 saturated carbocycles. The summed E-state index contributed by atoms with van der Waals surface area (Å²) in [6.45, 7) is 5.41. The Morgan fingerprint density at radius 1 is 1.00 bits per heavy atom. The molecule has 0 aliphatic heterocycles. The maximum Gasteiger partial charge on any atom is 0.257 e. The fourth-order valence-corrected chi connectivity index (χ4v) is 3.45. The average Bonchev–Trinajstić information content (AvgIpc) is 3.24. The Morgan fingerprint density at radius 2 is 1.67 bits per heavy atom. The smallest absolute Gasteiger partial charge is 0.257 e. The molecule has 3 aromatic rings. The second-order valence-electron chi connectivity index (χ2n) is 6.58. The zero-order valence-electron chi connectivity index (χ0n) is 17.4. The minimum atomic E-state index is -0.218. The van der Waals surface area contributed by atoms with Crippen molar-refractivity contribution < 1.29 is 19.0 Å². The van der Waals surface area contributed by atoms with E-state index in [9.17, 15) is 4.79 Å². The van der Waals surface area contributed by atoms with Crippen LogP contribution in [0.5, 0.6) is 17.2 Å². The number of benzene rings is 2. The maximum atomic E-state index is 12.6. The van der Waals surface area contributed by atoms with Crippen molar-refractivity contribution >= 4 is 22.4 Å². The predicted octanol–water partition coefficient (Wildman–Crippen LogP) is 5.65. The van der Waals surface area contributed by atoms with E-state index < -0.39 is 0 Å². The van der Waals surface area contributed by atoms with Crippen molar-refractivity contribution in [2.24, 2.45) is 0 Å². The molecule has 0 bridgehead atoms. The normalized spacial score (nSPS) is 10.5. The molecule has 0 saturated heterocycles. The van der Waals surface area contributed by atoms with Gasteiger partial charge in [-0.3, -0.25) is 10.1 Å². The summed E-state index contributed by atoms with van der Waals surface area (Å²) in [4.78, 5) is 17.1. The van der Waals surface area contributed by atoms with Gasteiger partial charge in [-0.25, -0.2) is 4.98 Å². The van der Waals surface area contributed by atoms with Crippen molar-refractivity contribution in [1.82, 2.24) is 4.98 Å². The number of thiazole rings is 1. The zero-order valence-corrected chi connectivity index (χ0v) is 18.3. The number of hydrogen-bond donors (Lipinski definition) is 1. The van der Waals surface area contributed by atoms with E-state index >= 15 is 0 Å². The first-order chi connectivity index (χ1) is 14.6. The van der Waals surface area contributed by atoms with Gasteiger partial charge < -0.3 is 14.2 Å². The zero-order chi connectivity index (χ0) is 21.3. The summed E-state index contributed by atoms with van der Waals surface area (Å²) in [7, 11) is 1.62. The number of aromatic nitrogens is 1. The molecule has 2 aromatic carbocycles. The predicted molar refractivity (Wildman–Crippen MR) is 120 cm³/mol. The van der Waals surface area contributed by atoms with Gasteiger partial charge >= 0.3 is 0 Å². The van der Waals surface area contributed by atoms with Gasteiger partial charge in [-0.05, 0) is 55.3 Å². The van der Waals surface area contributed by atoms with Crippen LogP contribution in [0.4, 0.5) is 5.13 Å². The van der Waals surface area contributed by atoms with Gasteiger partial charge in [0.25, 0.3) is 5.91 Å². The second kappa shape index (κ2) is 10.6. The quantitative estimate of drug-likeness (QED) is 0.454. The SMILES string of the molecule is CCCOc1ccc(C(=O)Nc2nc(-c3cc(OCCC)ccc3OC)cs2)cc1. The summed E-state index contributed by atoms with van der Waals surface area (Å²) >= 11 is 1.36. The van der Waals surface area contributed by atoms with Crippen LogP contribution in [-0.4, -0.2) is 31.2 Å². The van der Waals surface area contributed by atoms with Gasteiger partial charge in [0.15, 0.2) is 5.13 Å². The number of hydrogen-bond acceptors (Lipinski definition) is 6. The largest absolute Gasteiger partial charge is 0.496 e. The minimum Gasteiger partial charge on any atom is -0.496 e. The fraction of sp³-hybridized carbons (Fsp3) is 0.304. The first-order valence-corrected chi connectivity index (χ1v) is 10.8. The monoisotopic (exact) mass is 426 g/mol. The van der Waals surface area contributed by atoms with Gasteiger partial charge in [0.1, 0.15) is 17.2 Å². The highest BCUT2D eigenvalue weighted by molar-refractivity contribution is 7.14. The number of amides is 1. The number of nitrogens with zero attached hydrogens (tertiary/aromatic N) is 1. The lowest BCUT2D eigenvalue weighted by molar-refractivity contribution is 0.102. The molecule has 6 nitrogen and oxygen atoms in total. The third-order valence-electron chi connectivity index (χ3n) is 4.23. The highest BCUT2D eigenvalue weighted by Gasteiger charge is 2.14. The minimum absolute atomic E-state index is 0.218. The summed E-state index contributed by atoms with van der Waals surface area (Å²) in [5, 5.41) is 5.26. The van der Waals surface area contributed by atoms with Crippen LogP contribution in [0, 0.1) is 0 Å². The number of carbonyl (C=O) groups is 1. The molecule has 0 radical (unpaired) electrons. The standard InChI is InChI=1S/C23H26N2O4S/c1-4-12-28-17-8-6-16(7-9-17)22(26)25-23-24-20(15-30-23)19-14-18(29-13-5-2)10-11-21(19)27-3/h6-11,14-15H,4-5,12-13H2,1-3H3,(H,24,25,26). The van der Waals surface area contributed by atoms with Crippen LogP contribution in [0.3, 0.4) is 0 Å². The van der Waals surface area contributed by atoms with E-state index in [1.807, 2.05) is 30.5 Å². The lowest BCUT2D eigenvalue weighted by Crippen LogP contribution is -2.11. The molecule has 1 N–H and O–H groups in total. The highest BCUT2D eigenvalue weighted by Crippen LogP contribution is 2.35. The Morgan fingerprint density at radius 3 is 2.33 bits per heavy atom. The Labute approximate surface area is 180 Å². The molecule has 0 fully saturated rings. The van der Waals surface area contributed by atoms with E-state index in [1.54, 1.807) is 31.4 Å². The molecule has 1 amide bonds. The van der Waals surface area contributed by atoms with Crippen LogP contribution in [0.15, 0.2) is 47.8 Å². The van der Waals surface area contributed by atoms with Crippen LogP contribution in [0.25, 0.3) is 11.3 Å². The second-order valence-corrected chi connectivity index (χ2v) is 7.43. The summed E-state index contributed by atoms with van der Waals surface area (Å²) < 4.78 is 16.7. The lowest BCUT2D eigenvalue weighted by atomic mass is 10.1. The van der Waals surface area contributed by atoms with E-state index in [-0.39, 0.29) is 5.91 Å². The van der Waals surface area contributed by atoms with Gasteiger partial charge in [0.2, 0.25) is 0 Å². The molecule has 0 aliphatic carbocycles. The molecule has 0 unspecified atom stereocenters. The summed E-state index contributed by atoms with van der Waals surface area (Å²) in [6, 6.07) is 12.7. The molecule has 158 valence electrons. The first-order valence-electron chi connectivity index (χ1n) is 9.95. The molecule has 30 heavy (non-hydrogen) atoms. The number of rotatable bonds is 10. The molecule has 3 rings (SSSR count). The molecular formula is C23H26N2O4S. The van der Waals surface area contributed by atoms with E-state index in [4.69, 9.17) is 14.2 Å². The first kappa shape index (κ1) is 21.6. The molecule has 0 spiro atoms. The van der Waals surface area contributed by atoms with Crippen LogP contribution >= 0.6 is 11.3 Å². The molecule has 1 aromatic heterocycles. The number of anilines is 1. The van der Waals surface area contributed by atoms with Gasteiger partial charge in [-0.2, -0.15) is 0 Å². The Hall–Kier alpha value is -3.06. The van der Waals surface area contributed by atoms with Crippen molar-refractivity contribution in [2.45, 2.75) is 26.7 Å². The average molecular weight is 427 g/mol. The number of methoxy groups -OCH3 is 1. The number of carbonyl (C=O) groups excluding carboxylic acids is 1. The highest BCUT2D eigenvalue weighted by atomic mass is 32.1. The molecule has 7 heteroatoms. The van der Waals surface area contributed by atoms with Crippen molar-refractivity contribution in [3.63, 3.8) is 0 Å².